The number of carbonyl (C=O) groups is 1. The highest BCUT2D eigenvalue weighted by molar-refractivity contribution is 5.80. The Morgan fingerprint density at radius 3 is 0.833 bits per heavy atom. The third-order valence-corrected chi connectivity index (χ3v) is 14.6. The van der Waals surface area contributed by atoms with Crippen molar-refractivity contribution in [3.63, 3.8) is 0 Å². The molecule has 1 amide bonds. The molecule has 3 unspecified atom stereocenters. The number of aliphatic hydroxyl groups is 3. The monoisotopic (exact) mass is 932 g/mol. The average Bonchev–Trinajstić information content (AvgIpc) is 3.32. The summed E-state index contributed by atoms with van der Waals surface area (Å²) in [6.45, 7) is 4.23. The highest BCUT2D eigenvalue weighted by atomic mass is 16.3. The lowest BCUT2D eigenvalue weighted by molar-refractivity contribution is -0.131. The van der Waals surface area contributed by atoms with E-state index in [9.17, 15) is 20.1 Å². The van der Waals surface area contributed by atoms with E-state index >= 15 is 0 Å². The molecule has 0 aliphatic rings. The Morgan fingerprint density at radius 2 is 0.591 bits per heavy atom. The number of carbonyl (C=O) groups excluding carboxylic acids is 1. The molecule has 0 radical (unpaired) electrons. The Hall–Kier alpha value is -0.910. The van der Waals surface area contributed by atoms with E-state index in [4.69, 9.17) is 0 Å². The van der Waals surface area contributed by atoms with Gasteiger partial charge in [-0.25, -0.2) is 0 Å². The Bertz CT molecular complexity index is 940. The van der Waals surface area contributed by atoms with Crippen molar-refractivity contribution in [1.29, 1.82) is 0 Å². The van der Waals surface area contributed by atoms with Crippen molar-refractivity contribution >= 4 is 5.91 Å². The fourth-order valence-electron chi connectivity index (χ4n) is 9.90. The maximum Gasteiger partial charge on any atom is 0.249 e. The molecule has 0 heterocycles. The summed E-state index contributed by atoms with van der Waals surface area (Å²) in [4.78, 5) is 12.6. The predicted molar refractivity (Wildman–Crippen MR) is 292 cm³/mol. The molecule has 66 heavy (non-hydrogen) atoms. The highest BCUT2D eigenvalue weighted by Crippen LogP contribution is 2.19. The van der Waals surface area contributed by atoms with Gasteiger partial charge < -0.3 is 20.6 Å². The maximum absolute atomic E-state index is 12.6. The first-order valence-corrected chi connectivity index (χ1v) is 30.5. The Morgan fingerprint density at radius 1 is 0.364 bits per heavy atom. The number of allylic oxidation sites excluding steroid dienone is 1. The number of hydrogen-bond acceptors (Lipinski definition) is 4. The lowest BCUT2D eigenvalue weighted by Crippen LogP contribution is -2.48. The van der Waals surface area contributed by atoms with Crippen molar-refractivity contribution in [1.82, 2.24) is 5.32 Å². The summed E-state index contributed by atoms with van der Waals surface area (Å²) in [7, 11) is 0. The predicted octanol–water partition coefficient (Wildman–Crippen LogP) is 19.1. The topological polar surface area (TPSA) is 89.8 Å². The van der Waals surface area contributed by atoms with E-state index in [2.05, 4.69) is 19.2 Å². The smallest absolute Gasteiger partial charge is 0.249 e. The summed E-state index contributed by atoms with van der Waals surface area (Å²) in [6, 6.07) is -0.795. The van der Waals surface area contributed by atoms with Gasteiger partial charge >= 0.3 is 0 Å². The molecule has 0 aromatic carbocycles. The van der Waals surface area contributed by atoms with Crippen LogP contribution < -0.4 is 5.32 Å². The van der Waals surface area contributed by atoms with Crippen LogP contribution in [0.3, 0.4) is 0 Å². The summed E-state index contributed by atoms with van der Waals surface area (Å²) in [5.74, 6) is -0.494. The second kappa shape index (κ2) is 56.7. The third kappa shape index (κ3) is 51.0. The van der Waals surface area contributed by atoms with Crippen LogP contribution >= 0.6 is 0 Å². The quantitative estimate of drug-likeness (QED) is 0.0361. The van der Waals surface area contributed by atoms with E-state index in [1.807, 2.05) is 6.08 Å². The van der Waals surface area contributed by atoms with Crippen LogP contribution in [-0.4, -0.2) is 46.1 Å². The van der Waals surface area contributed by atoms with Gasteiger partial charge in [0.25, 0.3) is 0 Å². The zero-order valence-corrected chi connectivity index (χ0v) is 45.1. The summed E-state index contributed by atoms with van der Waals surface area (Å²) in [5, 5.41) is 33.4. The summed E-state index contributed by atoms with van der Waals surface area (Å²) >= 11 is 0. The number of hydrogen-bond donors (Lipinski definition) is 4. The van der Waals surface area contributed by atoms with Crippen LogP contribution in [-0.2, 0) is 4.79 Å². The molecule has 0 aromatic rings. The average molecular weight is 933 g/mol. The maximum atomic E-state index is 12.6. The summed E-state index contributed by atoms with van der Waals surface area (Å²) in [6.07, 6.45) is 71.7. The molecular weight excluding hydrogens is 811 g/mol. The van der Waals surface area contributed by atoms with Crippen LogP contribution in [0.4, 0.5) is 0 Å². The summed E-state index contributed by atoms with van der Waals surface area (Å²) in [5.41, 5.74) is 0. The minimum atomic E-state index is -1.09. The van der Waals surface area contributed by atoms with Crippen molar-refractivity contribution in [2.75, 3.05) is 6.61 Å². The van der Waals surface area contributed by atoms with Gasteiger partial charge in [-0.15, -0.1) is 0 Å². The third-order valence-electron chi connectivity index (χ3n) is 14.6. The van der Waals surface area contributed by atoms with Gasteiger partial charge in [0.05, 0.1) is 18.8 Å². The van der Waals surface area contributed by atoms with Crippen molar-refractivity contribution < 1.29 is 20.1 Å². The van der Waals surface area contributed by atoms with Gasteiger partial charge in [0.15, 0.2) is 0 Å². The molecular formula is C61H121NO4. The SMILES string of the molecule is CCCCCCCCCCCCCCCCCCCCCCC/C=C/C(O)C(CO)NC(=O)C(O)CCCCCCCCCCCCCCCCCCCCCCCCCCCCCCC. The van der Waals surface area contributed by atoms with E-state index in [0.717, 1.165) is 32.1 Å². The molecule has 0 bridgehead atoms. The molecule has 4 N–H and O–H groups in total. The van der Waals surface area contributed by atoms with Gasteiger partial charge in [-0.2, -0.15) is 0 Å². The first-order valence-electron chi connectivity index (χ1n) is 30.5. The number of nitrogens with one attached hydrogen (secondary N) is 1. The van der Waals surface area contributed by atoms with Crippen LogP contribution in [0, 0.1) is 0 Å². The highest BCUT2D eigenvalue weighted by Gasteiger charge is 2.22. The normalized spacial score (nSPS) is 13.2. The molecule has 0 aliphatic heterocycles. The van der Waals surface area contributed by atoms with Gasteiger partial charge in [-0.05, 0) is 19.3 Å². The molecule has 0 aromatic heterocycles. The number of amides is 1. The van der Waals surface area contributed by atoms with Crippen molar-refractivity contribution in [2.24, 2.45) is 0 Å². The molecule has 394 valence electrons. The molecule has 0 saturated carbocycles. The molecule has 0 aliphatic carbocycles. The Labute approximate surface area is 414 Å². The lowest BCUT2D eigenvalue weighted by atomic mass is 10.0. The van der Waals surface area contributed by atoms with E-state index in [-0.39, 0.29) is 6.61 Å². The van der Waals surface area contributed by atoms with Gasteiger partial charge in [-0.3, -0.25) is 4.79 Å². The Balaban J connectivity index is 3.50. The van der Waals surface area contributed by atoms with E-state index < -0.39 is 24.2 Å². The second-order valence-corrected chi connectivity index (χ2v) is 21.3. The second-order valence-electron chi connectivity index (χ2n) is 21.3. The van der Waals surface area contributed by atoms with E-state index in [1.165, 1.54) is 295 Å². The Kier molecular flexibility index (Phi) is 55.9. The molecule has 0 fully saturated rings. The van der Waals surface area contributed by atoms with Crippen molar-refractivity contribution in [3.05, 3.63) is 12.2 Å². The number of aliphatic hydroxyl groups excluding tert-OH is 3. The van der Waals surface area contributed by atoms with Gasteiger partial charge in [-0.1, -0.05) is 341 Å². The van der Waals surface area contributed by atoms with Crippen LogP contribution in [0.25, 0.3) is 0 Å². The zero-order valence-electron chi connectivity index (χ0n) is 45.1. The fourth-order valence-corrected chi connectivity index (χ4v) is 9.90. The summed E-state index contributed by atoms with van der Waals surface area (Å²) < 4.78 is 0. The first-order chi connectivity index (χ1) is 32.6. The van der Waals surface area contributed by atoms with E-state index in [1.54, 1.807) is 6.08 Å². The molecule has 5 nitrogen and oxygen atoms in total. The lowest BCUT2D eigenvalue weighted by Gasteiger charge is -2.21. The first kappa shape index (κ1) is 65.1. The van der Waals surface area contributed by atoms with Crippen molar-refractivity contribution in [3.8, 4) is 0 Å². The van der Waals surface area contributed by atoms with Crippen LogP contribution in [0.2, 0.25) is 0 Å². The fraction of sp³-hybridized carbons (Fsp3) is 0.951. The number of unbranched alkanes of at least 4 members (excludes halogenated alkanes) is 49. The minimum Gasteiger partial charge on any atom is -0.394 e. The van der Waals surface area contributed by atoms with Gasteiger partial charge in [0, 0.05) is 0 Å². The van der Waals surface area contributed by atoms with Crippen molar-refractivity contribution in [2.45, 2.75) is 366 Å². The molecule has 0 saturated heterocycles. The largest absolute Gasteiger partial charge is 0.394 e. The molecule has 0 spiro atoms. The standard InChI is InChI=1S/C61H121NO4/c1-3-5-7-9-11-13-15-17-19-21-23-25-27-28-29-30-31-32-34-36-38-40-42-44-46-48-50-52-54-56-60(65)61(66)62-58(57-63)59(64)55-53-51-49-47-45-43-41-39-37-35-33-26-24-22-20-18-16-14-12-10-8-6-4-2/h53,55,58-60,63-65H,3-52,54,56-57H2,1-2H3,(H,62,66)/b55-53+. The van der Waals surface area contributed by atoms with Crippen LogP contribution in [0.5, 0.6) is 0 Å². The van der Waals surface area contributed by atoms with Crippen LogP contribution in [0.15, 0.2) is 12.2 Å². The molecule has 5 heteroatoms. The van der Waals surface area contributed by atoms with E-state index in [0.29, 0.717) is 6.42 Å². The minimum absolute atomic E-state index is 0.358. The van der Waals surface area contributed by atoms with Gasteiger partial charge in [0.2, 0.25) is 5.91 Å². The van der Waals surface area contributed by atoms with Gasteiger partial charge in [0.1, 0.15) is 6.10 Å². The van der Waals surface area contributed by atoms with Crippen LogP contribution in [0.1, 0.15) is 348 Å². The molecule has 0 rings (SSSR count). The molecule has 3 atom stereocenters. The number of rotatable bonds is 57. The zero-order chi connectivity index (χ0) is 47.9.